The lowest BCUT2D eigenvalue weighted by atomic mass is 10.2. The SMILES string of the molecule is O=C(O)c1ccccc1S[C@H]1CC(=O)N(c2ccccc2OC(F)F)C1=O. The molecule has 2 aromatic carbocycles. The van der Waals surface area contributed by atoms with E-state index in [1.807, 2.05) is 0 Å². The van der Waals surface area contributed by atoms with Crippen LogP contribution in [0.25, 0.3) is 0 Å². The van der Waals surface area contributed by atoms with E-state index >= 15 is 0 Å². The second-order valence-electron chi connectivity index (χ2n) is 5.53. The number of nitrogens with zero attached hydrogens (tertiary/aromatic N) is 1. The van der Waals surface area contributed by atoms with E-state index in [0.29, 0.717) is 4.90 Å². The third-order valence-corrected chi connectivity index (χ3v) is 5.08. The number of rotatable bonds is 6. The minimum absolute atomic E-state index is 0.0163. The average Bonchev–Trinajstić information content (AvgIpc) is 2.89. The molecule has 1 aliphatic rings. The molecule has 1 N–H and O–H groups in total. The number of carbonyl (C=O) groups is 3. The summed E-state index contributed by atoms with van der Waals surface area (Å²) in [5, 5.41) is 8.38. The molecule has 2 aromatic rings. The second-order valence-corrected chi connectivity index (χ2v) is 6.77. The fourth-order valence-electron chi connectivity index (χ4n) is 2.69. The van der Waals surface area contributed by atoms with Crippen LogP contribution < -0.4 is 9.64 Å². The molecule has 3 rings (SSSR count). The highest BCUT2D eigenvalue weighted by molar-refractivity contribution is 8.00. The lowest BCUT2D eigenvalue weighted by molar-refractivity contribution is -0.121. The first-order valence-electron chi connectivity index (χ1n) is 7.78. The maximum atomic E-state index is 12.7. The van der Waals surface area contributed by atoms with Gasteiger partial charge in [0.2, 0.25) is 11.8 Å². The van der Waals surface area contributed by atoms with Crippen molar-refractivity contribution >= 4 is 35.2 Å². The van der Waals surface area contributed by atoms with Gasteiger partial charge in [-0.25, -0.2) is 9.69 Å². The van der Waals surface area contributed by atoms with Crippen LogP contribution in [0.1, 0.15) is 16.8 Å². The average molecular weight is 393 g/mol. The van der Waals surface area contributed by atoms with Gasteiger partial charge in [-0.05, 0) is 24.3 Å². The van der Waals surface area contributed by atoms with Crippen molar-refractivity contribution in [3.63, 3.8) is 0 Å². The molecule has 1 saturated heterocycles. The monoisotopic (exact) mass is 393 g/mol. The molecular weight excluding hydrogens is 380 g/mol. The Morgan fingerprint density at radius 3 is 2.52 bits per heavy atom. The molecule has 2 amide bonds. The Bertz CT molecular complexity index is 905. The van der Waals surface area contributed by atoms with E-state index in [1.54, 1.807) is 18.2 Å². The van der Waals surface area contributed by atoms with Crippen LogP contribution in [0, 0.1) is 0 Å². The minimum Gasteiger partial charge on any atom is -0.478 e. The number of para-hydroxylation sites is 2. The van der Waals surface area contributed by atoms with E-state index in [0.717, 1.165) is 16.7 Å². The van der Waals surface area contributed by atoms with Crippen LogP contribution in [0.15, 0.2) is 53.4 Å². The molecule has 0 aliphatic carbocycles. The smallest absolute Gasteiger partial charge is 0.387 e. The summed E-state index contributed by atoms with van der Waals surface area (Å²) in [6.07, 6.45) is -0.180. The molecule has 1 heterocycles. The highest BCUT2D eigenvalue weighted by atomic mass is 32.2. The molecule has 1 atom stereocenters. The number of carboxylic acid groups (broad SMARTS) is 1. The number of ether oxygens (including phenoxy) is 1. The summed E-state index contributed by atoms with van der Waals surface area (Å²) in [7, 11) is 0. The zero-order valence-corrected chi connectivity index (χ0v) is 14.5. The van der Waals surface area contributed by atoms with Gasteiger partial charge in [0.05, 0.1) is 16.5 Å². The van der Waals surface area contributed by atoms with Crippen molar-refractivity contribution in [2.24, 2.45) is 0 Å². The lowest BCUT2D eigenvalue weighted by Crippen LogP contribution is -2.31. The Morgan fingerprint density at radius 2 is 1.81 bits per heavy atom. The lowest BCUT2D eigenvalue weighted by Gasteiger charge is -2.18. The molecular formula is C18H13F2NO5S. The molecule has 0 saturated carbocycles. The molecule has 27 heavy (non-hydrogen) atoms. The van der Waals surface area contributed by atoms with E-state index in [4.69, 9.17) is 0 Å². The predicted octanol–water partition coefficient (Wildman–Crippen LogP) is 3.41. The Hall–Kier alpha value is -2.94. The number of halogens is 2. The van der Waals surface area contributed by atoms with Gasteiger partial charge in [-0.3, -0.25) is 9.59 Å². The van der Waals surface area contributed by atoms with Crippen LogP contribution in [0.5, 0.6) is 5.75 Å². The first kappa shape index (κ1) is 18.8. The summed E-state index contributed by atoms with van der Waals surface area (Å²) in [5.74, 6) is -2.63. The third kappa shape index (κ3) is 3.92. The van der Waals surface area contributed by atoms with Gasteiger partial charge in [0.15, 0.2) is 0 Å². The molecule has 0 aromatic heterocycles. The van der Waals surface area contributed by atoms with Crippen molar-refractivity contribution in [2.45, 2.75) is 23.2 Å². The van der Waals surface area contributed by atoms with Gasteiger partial charge in [0.1, 0.15) is 5.75 Å². The summed E-state index contributed by atoms with van der Waals surface area (Å²) in [6.45, 7) is -3.11. The van der Waals surface area contributed by atoms with Gasteiger partial charge >= 0.3 is 12.6 Å². The van der Waals surface area contributed by atoms with Crippen LogP contribution >= 0.6 is 11.8 Å². The maximum Gasteiger partial charge on any atom is 0.387 e. The molecule has 0 unspecified atom stereocenters. The van der Waals surface area contributed by atoms with E-state index in [1.165, 1.54) is 30.3 Å². The van der Waals surface area contributed by atoms with Crippen molar-refractivity contribution in [1.29, 1.82) is 0 Å². The minimum atomic E-state index is -3.11. The standard InChI is InChI=1S/C18H13F2NO5S/c19-18(20)26-12-7-3-2-6-11(12)21-15(22)9-14(16(21)23)27-13-8-4-1-5-10(13)17(24)25/h1-8,14,18H,9H2,(H,24,25)/t14-/m0/s1. The highest BCUT2D eigenvalue weighted by Gasteiger charge is 2.41. The van der Waals surface area contributed by atoms with Gasteiger partial charge in [-0.1, -0.05) is 24.3 Å². The molecule has 140 valence electrons. The number of carboxylic acids is 1. The zero-order chi connectivity index (χ0) is 19.6. The number of carbonyl (C=O) groups excluding carboxylic acids is 2. The molecule has 0 spiro atoms. The van der Waals surface area contributed by atoms with Crippen molar-refractivity contribution in [1.82, 2.24) is 0 Å². The first-order chi connectivity index (χ1) is 12.9. The maximum absolute atomic E-state index is 12.7. The number of hydrogen-bond donors (Lipinski definition) is 1. The van der Waals surface area contributed by atoms with Gasteiger partial charge in [-0.15, -0.1) is 11.8 Å². The van der Waals surface area contributed by atoms with Gasteiger partial charge < -0.3 is 9.84 Å². The fourth-order valence-corrected chi connectivity index (χ4v) is 3.86. The normalized spacial score (nSPS) is 16.9. The summed E-state index contributed by atoms with van der Waals surface area (Å²) in [5.41, 5.74) is -0.0509. The van der Waals surface area contributed by atoms with Crippen LogP contribution in [-0.4, -0.2) is 34.8 Å². The van der Waals surface area contributed by atoms with E-state index in [-0.39, 0.29) is 23.4 Å². The van der Waals surface area contributed by atoms with E-state index < -0.39 is 29.6 Å². The summed E-state index contributed by atoms with van der Waals surface area (Å²) < 4.78 is 29.6. The molecule has 1 fully saturated rings. The molecule has 9 heteroatoms. The number of aromatic carboxylic acids is 1. The largest absolute Gasteiger partial charge is 0.478 e. The van der Waals surface area contributed by atoms with Crippen molar-refractivity contribution in [2.75, 3.05) is 4.90 Å². The van der Waals surface area contributed by atoms with Crippen LogP contribution in [0.3, 0.4) is 0 Å². The summed E-state index contributed by atoms with van der Waals surface area (Å²) >= 11 is 0.954. The number of benzene rings is 2. The number of alkyl halides is 2. The number of hydrogen-bond acceptors (Lipinski definition) is 5. The van der Waals surface area contributed by atoms with E-state index in [9.17, 15) is 28.3 Å². The second kappa shape index (κ2) is 7.75. The zero-order valence-electron chi connectivity index (χ0n) is 13.7. The molecule has 0 bridgehead atoms. The Labute approximate surface area is 156 Å². The topological polar surface area (TPSA) is 83.9 Å². The Balaban J connectivity index is 1.88. The van der Waals surface area contributed by atoms with Crippen molar-refractivity contribution in [3.8, 4) is 5.75 Å². The van der Waals surface area contributed by atoms with Crippen LogP contribution in [0.4, 0.5) is 14.5 Å². The number of anilines is 1. The molecule has 0 radical (unpaired) electrons. The Morgan fingerprint density at radius 1 is 1.15 bits per heavy atom. The number of thioether (sulfide) groups is 1. The number of amides is 2. The summed E-state index contributed by atoms with van der Waals surface area (Å²) in [4.78, 5) is 37.6. The quantitative estimate of drug-likeness (QED) is 0.758. The van der Waals surface area contributed by atoms with Crippen molar-refractivity contribution < 1.29 is 33.0 Å². The summed E-state index contributed by atoms with van der Waals surface area (Å²) in [6, 6.07) is 11.6. The van der Waals surface area contributed by atoms with Crippen LogP contribution in [0.2, 0.25) is 0 Å². The molecule has 6 nitrogen and oxygen atoms in total. The van der Waals surface area contributed by atoms with Gasteiger partial charge in [0.25, 0.3) is 0 Å². The van der Waals surface area contributed by atoms with Gasteiger partial charge in [-0.2, -0.15) is 8.78 Å². The fraction of sp³-hybridized carbons (Fsp3) is 0.167. The first-order valence-corrected chi connectivity index (χ1v) is 8.66. The Kier molecular flexibility index (Phi) is 5.41. The van der Waals surface area contributed by atoms with Crippen LogP contribution in [-0.2, 0) is 9.59 Å². The third-order valence-electron chi connectivity index (χ3n) is 3.81. The van der Waals surface area contributed by atoms with E-state index in [2.05, 4.69) is 4.74 Å². The van der Waals surface area contributed by atoms with Gasteiger partial charge in [0, 0.05) is 11.3 Å². The van der Waals surface area contributed by atoms with Crippen molar-refractivity contribution in [3.05, 3.63) is 54.1 Å². The number of imide groups is 1. The predicted molar refractivity (Wildman–Crippen MR) is 93.2 cm³/mol. The molecule has 1 aliphatic heterocycles. The highest BCUT2D eigenvalue weighted by Crippen LogP contribution is 2.38.